The Bertz CT molecular complexity index is 680. The molecule has 5 nitrogen and oxygen atoms in total. The Morgan fingerprint density at radius 1 is 0.952 bits per heavy atom. The molecule has 106 valence electrons. The normalized spacial score (nSPS) is 35.0. The third kappa shape index (κ3) is 1.31. The summed E-state index contributed by atoms with van der Waals surface area (Å²) in [7, 11) is 0. The summed E-state index contributed by atoms with van der Waals surface area (Å²) < 4.78 is 10.6. The molecule has 5 rings (SSSR count). The number of allylic oxidation sites excluding steroid dienone is 2. The molecule has 0 spiro atoms. The molecular formula is C16H13NO4. The summed E-state index contributed by atoms with van der Waals surface area (Å²) in [6, 6.07) is 5.22. The summed E-state index contributed by atoms with van der Waals surface area (Å²) in [5.74, 6) is 1.23. The van der Waals surface area contributed by atoms with Gasteiger partial charge >= 0.3 is 0 Å². The van der Waals surface area contributed by atoms with Gasteiger partial charge in [0, 0.05) is 6.07 Å². The van der Waals surface area contributed by atoms with Crippen molar-refractivity contribution in [3.05, 3.63) is 30.4 Å². The molecule has 2 aliphatic heterocycles. The third-order valence-corrected chi connectivity index (χ3v) is 5.08. The fraction of sp³-hybridized carbons (Fsp3) is 0.375. The number of anilines is 1. The molecule has 2 fully saturated rings. The molecule has 5 heteroatoms. The fourth-order valence-corrected chi connectivity index (χ4v) is 4.18. The molecule has 0 radical (unpaired) electrons. The Morgan fingerprint density at radius 3 is 2.33 bits per heavy atom. The van der Waals surface area contributed by atoms with Crippen molar-refractivity contribution in [2.75, 3.05) is 11.7 Å². The van der Waals surface area contributed by atoms with Crippen molar-refractivity contribution in [3.63, 3.8) is 0 Å². The van der Waals surface area contributed by atoms with Gasteiger partial charge in [0.15, 0.2) is 11.5 Å². The van der Waals surface area contributed by atoms with Gasteiger partial charge in [0.2, 0.25) is 18.6 Å². The first-order valence-corrected chi connectivity index (χ1v) is 7.20. The molecule has 0 aromatic heterocycles. The van der Waals surface area contributed by atoms with E-state index in [1.807, 2.05) is 0 Å². The highest BCUT2D eigenvalue weighted by Gasteiger charge is 2.59. The Kier molecular flexibility index (Phi) is 1.98. The molecule has 1 saturated heterocycles. The van der Waals surface area contributed by atoms with E-state index in [1.165, 1.54) is 4.90 Å². The number of hydrogen-bond donors (Lipinski definition) is 0. The molecule has 2 aliphatic carbocycles. The first-order chi connectivity index (χ1) is 10.2. The fourth-order valence-electron chi connectivity index (χ4n) is 4.18. The van der Waals surface area contributed by atoms with E-state index in [9.17, 15) is 9.59 Å². The molecule has 1 aromatic rings. The smallest absolute Gasteiger partial charge is 0.238 e. The Balaban J connectivity index is 1.56. The summed E-state index contributed by atoms with van der Waals surface area (Å²) in [6.45, 7) is 0.181. The van der Waals surface area contributed by atoms with E-state index in [0.29, 0.717) is 17.2 Å². The van der Waals surface area contributed by atoms with Gasteiger partial charge in [0.1, 0.15) is 0 Å². The van der Waals surface area contributed by atoms with Crippen molar-refractivity contribution < 1.29 is 19.1 Å². The molecule has 0 unspecified atom stereocenters. The zero-order valence-electron chi connectivity index (χ0n) is 11.2. The maximum Gasteiger partial charge on any atom is 0.238 e. The summed E-state index contributed by atoms with van der Waals surface area (Å²) in [5.41, 5.74) is 0.586. The second-order valence-corrected chi connectivity index (χ2v) is 6.05. The van der Waals surface area contributed by atoms with Crippen molar-refractivity contribution in [2.45, 2.75) is 6.42 Å². The number of fused-ring (bicyclic) bond motifs is 6. The standard InChI is InChI=1S/C16H13NO4/c18-15-13-8-1-2-9(5-8)14(13)16(19)17(15)10-3-4-11-12(6-10)21-7-20-11/h1-4,6,8-9,13-14H,5,7H2/t8-,9-,13+,14+/m0/s1. The minimum absolute atomic E-state index is 0.0688. The highest BCUT2D eigenvalue weighted by Crippen LogP contribution is 2.53. The number of nitrogens with zero attached hydrogens (tertiary/aromatic N) is 1. The van der Waals surface area contributed by atoms with Crippen LogP contribution in [0.1, 0.15) is 6.42 Å². The van der Waals surface area contributed by atoms with E-state index in [4.69, 9.17) is 9.47 Å². The zero-order valence-corrected chi connectivity index (χ0v) is 11.2. The van der Waals surface area contributed by atoms with Crippen LogP contribution < -0.4 is 14.4 Å². The van der Waals surface area contributed by atoms with Crippen LogP contribution in [0.15, 0.2) is 30.4 Å². The van der Waals surface area contributed by atoms with Gasteiger partial charge in [-0.15, -0.1) is 0 Å². The minimum atomic E-state index is -0.169. The van der Waals surface area contributed by atoms with Crippen LogP contribution in [-0.2, 0) is 9.59 Å². The molecule has 1 saturated carbocycles. The highest BCUT2D eigenvalue weighted by atomic mass is 16.7. The van der Waals surface area contributed by atoms with Crippen LogP contribution in [0.4, 0.5) is 5.69 Å². The van der Waals surface area contributed by atoms with E-state index in [0.717, 1.165) is 6.42 Å². The maximum atomic E-state index is 12.7. The quantitative estimate of drug-likeness (QED) is 0.582. The molecule has 2 bridgehead atoms. The molecule has 0 N–H and O–H groups in total. The summed E-state index contributed by atoms with van der Waals surface area (Å²) in [6.07, 6.45) is 5.14. The van der Waals surface area contributed by atoms with Gasteiger partial charge in [-0.05, 0) is 30.4 Å². The van der Waals surface area contributed by atoms with Crippen molar-refractivity contribution in [3.8, 4) is 11.5 Å². The van der Waals surface area contributed by atoms with Crippen LogP contribution in [0.3, 0.4) is 0 Å². The second kappa shape index (κ2) is 3.67. The van der Waals surface area contributed by atoms with Crippen LogP contribution >= 0.6 is 0 Å². The van der Waals surface area contributed by atoms with Gasteiger partial charge in [0.05, 0.1) is 17.5 Å². The summed E-state index contributed by atoms with van der Waals surface area (Å²) >= 11 is 0. The van der Waals surface area contributed by atoms with Crippen LogP contribution in [0, 0.1) is 23.7 Å². The van der Waals surface area contributed by atoms with Crippen LogP contribution in [-0.4, -0.2) is 18.6 Å². The van der Waals surface area contributed by atoms with Gasteiger partial charge in [0.25, 0.3) is 0 Å². The largest absolute Gasteiger partial charge is 0.454 e. The molecule has 1 aromatic carbocycles. The molecule has 2 amide bonds. The Labute approximate surface area is 121 Å². The Morgan fingerprint density at radius 2 is 1.62 bits per heavy atom. The summed E-state index contributed by atoms with van der Waals surface area (Å²) in [5, 5.41) is 0. The molecule has 21 heavy (non-hydrogen) atoms. The number of ether oxygens (including phenoxy) is 2. The van der Waals surface area contributed by atoms with Gasteiger partial charge in [-0.3, -0.25) is 9.59 Å². The minimum Gasteiger partial charge on any atom is -0.454 e. The lowest BCUT2D eigenvalue weighted by atomic mass is 9.85. The van der Waals surface area contributed by atoms with E-state index >= 15 is 0 Å². The van der Waals surface area contributed by atoms with Crippen LogP contribution in [0.25, 0.3) is 0 Å². The van der Waals surface area contributed by atoms with E-state index in [-0.39, 0.29) is 42.3 Å². The lowest BCUT2D eigenvalue weighted by molar-refractivity contribution is -0.123. The topological polar surface area (TPSA) is 55.8 Å². The molecule has 2 heterocycles. The number of benzene rings is 1. The van der Waals surface area contributed by atoms with E-state index < -0.39 is 0 Å². The molecular weight excluding hydrogens is 270 g/mol. The monoisotopic (exact) mass is 283 g/mol. The third-order valence-electron chi connectivity index (χ3n) is 5.08. The predicted octanol–water partition coefficient (Wildman–Crippen LogP) is 1.73. The first-order valence-electron chi connectivity index (χ1n) is 7.20. The predicted molar refractivity (Wildman–Crippen MR) is 72.8 cm³/mol. The average Bonchev–Trinajstić information content (AvgIpc) is 3.22. The maximum absolute atomic E-state index is 12.7. The second-order valence-electron chi connectivity index (χ2n) is 6.05. The van der Waals surface area contributed by atoms with Gasteiger partial charge in [-0.25, -0.2) is 4.90 Å². The SMILES string of the molecule is O=C1[C@H]2[C@H](C(=O)N1c1ccc3c(c1)OCO3)[C@H]1C=C[C@H]2C1. The Hall–Kier alpha value is -2.30. The number of amides is 2. The zero-order chi connectivity index (χ0) is 14.1. The lowest BCUT2D eigenvalue weighted by Crippen LogP contribution is -2.32. The van der Waals surface area contributed by atoms with Gasteiger partial charge in [-0.1, -0.05) is 12.2 Å². The average molecular weight is 283 g/mol. The number of hydrogen-bond acceptors (Lipinski definition) is 4. The van der Waals surface area contributed by atoms with Gasteiger partial charge in [-0.2, -0.15) is 0 Å². The number of carbonyl (C=O) groups is 2. The van der Waals surface area contributed by atoms with E-state index in [1.54, 1.807) is 18.2 Å². The first kappa shape index (κ1) is 11.4. The number of imide groups is 1. The molecule has 4 aliphatic rings. The highest BCUT2D eigenvalue weighted by molar-refractivity contribution is 6.22. The van der Waals surface area contributed by atoms with Crippen molar-refractivity contribution in [2.24, 2.45) is 23.7 Å². The van der Waals surface area contributed by atoms with E-state index in [2.05, 4.69) is 12.2 Å². The van der Waals surface area contributed by atoms with Crippen molar-refractivity contribution in [1.82, 2.24) is 0 Å². The van der Waals surface area contributed by atoms with Crippen LogP contribution in [0.2, 0.25) is 0 Å². The number of rotatable bonds is 1. The lowest BCUT2D eigenvalue weighted by Gasteiger charge is -2.17. The molecule has 4 atom stereocenters. The van der Waals surface area contributed by atoms with Crippen molar-refractivity contribution in [1.29, 1.82) is 0 Å². The summed E-state index contributed by atoms with van der Waals surface area (Å²) in [4.78, 5) is 26.7. The van der Waals surface area contributed by atoms with Crippen molar-refractivity contribution >= 4 is 17.5 Å². The van der Waals surface area contributed by atoms with Crippen LogP contribution in [0.5, 0.6) is 11.5 Å². The van der Waals surface area contributed by atoms with Gasteiger partial charge < -0.3 is 9.47 Å². The number of carbonyl (C=O) groups excluding carboxylic acids is 2.